The Kier molecular flexibility index (Phi) is 7.12. The van der Waals surface area contributed by atoms with Gasteiger partial charge in [0, 0.05) is 24.4 Å². The quantitative estimate of drug-likeness (QED) is 0.766. The van der Waals surface area contributed by atoms with Gasteiger partial charge in [0.1, 0.15) is 0 Å². The first-order valence-corrected chi connectivity index (χ1v) is 7.72. The molecule has 1 saturated heterocycles. The van der Waals surface area contributed by atoms with Gasteiger partial charge in [-0.2, -0.15) is 0 Å². The van der Waals surface area contributed by atoms with Gasteiger partial charge in [-0.3, -0.25) is 4.79 Å². The average Bonchev–Trinajstić information content (AvgIpc) is 2.34. The van der Waals surface area contributed by atoms with Gasteiger partial charge in [0.2, 0.25) is 5.91 Å². The third kappa shape index (κ3) is 5.87. The van der Waals surface area contributed by atoms with Crippen molar-refractivity contribution in [3.05, 3.63) is 0 Å². The zero-order valence-electron chi connectivity index (χ0n) is 10.9. The Hall–Kier alpha value is -0.0900. The number of carbonyl (C=O) groups excluding carboxylic acids is 1. The molecule has 100 valence electrons. The minimum atomic E-state index is 0.150. The number of hydrogen-bond donors (Lipinski definition) is 1. The number of alkyl halides is 1. The standard InChI is InChI=1S/C13H24BrNO2/c1-10(2)12(9-14)15-13(16)7-6-11-5-3-4-8-17-11/h10-12H,3-9H2,1-2H3,(H,15,16). The van der Waals surface area contributed by atoms with Crippen molar-refractivity contribution in [1.82, 2.24) is 5.32 Å². The summed E-state index contributed by atoms with van der Waals surface area (Å²) in [6, 6.07) is 0.231. The van der Waals surface area contributed by atoms with Crippen LogP contribution in [-0.4, -0.2) is 30.0 Å². The van der Waals surface area contributed by atoms with E-state index in [4.69, 9.17) is 4.74 Å². The summed E-state index contributed by atoms with van der Waals surface area (Å²) >= 11 is 3.43. The van der Waals surface area contributed by atoms with E-state index < -0.39 is 0 Å². The number of hydrogen-bond acceptors (Lipinski definition) is 2. The summed E-state index contributed by atoms with van der Waals surface area (Å²) in [5.74, 6) is 0.613. The lowest BCUT2D eigenvalue weighted by molar-refractivity contribution is -0.122. The minimum absolute atomic E-state index is 0.150. The van der Waals surface area contributed by atoms with Gasteiger partial charge < -0.3 is 10.1 Å². The van der Waals surface area contributed by atoms with Crippen molar-refractivity contribution in [2.75, 3.05) is 11.9 Å². The molecule has 4 heteroatoms. The van der Waals surface area contributed by atoms with Gasteiger partial charge in [-0.15, -0.1) is 0 Å². The van der Waals surface area contributed by atoms with Crippen LogP contribution in [0.15, 0.2) is 0 Å². The van der Waals surface area contributed by atoms with Crippen LogP contribution in [0.25, 0.3) is 0 Å². The van der Waals surface area contributed by atoms with Crippen molar-refractivity contribution < 1.29 is 9.53 Å². The summed E-state index contributed by atoms with van der Waals surface area (Å²) in [5.41, 5.74) is 0. The number of ether oxygens (including phenoxy) is 1. The maximum atomic E-state index is 11.8. The molecular weight excluding hydrogens is 282 g/mol. The maximum absolute atomic E-state index is 11.8. The molecular formula is C13H24BrNO2. The molecule has 1 fully saturated rings. The second-order valence-electron chi connectivity index (χ2n) is 5.10. The van der Waals surface area contributed by atoms with Crippen LogP contribution in [0, 0.1) is 5.92 Å². The van der Waals surface area contributed by atoms with Crippen molar-refractivity contribution in [2.24, 2.45) is 5.92 Å². The van der Waals surface area contributed by atoms with E-state index in [9.17, 15) is 4.79 Å². The number of rotatable bonds is 6. The summed E-state index contributed by atoms with van der Waals surface area (Å²) in [6.45, 7) is 5.11. The molecule has 0 aromatic rings. The monoisotopic (exact) mass is 305 g/mol. The van der Waals surface area contributed by atoms with Crippen molar-refractivity contribution in [2.45, 2.75) is 58.1 Å². The van der Waals surface area contributed by atoms with Crippen LogP contribution in [0.5, 0.6) is 0 Å². The summed E-state index contributed by atoms with van der Waals surface area (Å²) in [7, 11) is 0. The zero-order chi connectivity index (χ0) is 12.7. The summed E-state index contributed by atoms with van der Waals surface area (Å²) in [5, 5.41) is 3.88. The summed E-state index contributed by atoms with van der Waals surface area (Å²) in [4.78, 5) is 11.8. The smallest absolute Gasteiger partial charge is 0.220 e. The lowest BCUT2D eigenvalue weighted by Gasteiger charge is -2.23. The number of halogens is 1. The predicted octanol–water partition coefficient (Wildman–Crippen LogP) is 2.87. The average molecular weight is 306 g/mol. The van der Waals surface area contributed by atoms with Crippen molar-refractivity contribution in [3.8, 4) is 0 Å². The van der Waals surface area contributed by atoms with Crippen LogP contribution in [0.2, 0.25) is 0 Å². The van der Waals surface area contributed by atoms with Gasteiger partial charge in [0.25, 0.3) is 0 Å². The number of nitrogens with one attached hydrogen (secondary N) is 1. The Morgan fingerprint density at radius 3 is 2.76 bits per heavy atom. The van der Waals surface area contributed by atoms with E-state index in [0.29, 0.717) is 18.4 Å². The van der Waals surface area contributed by atoms with Gasteiger partial charge in [0.05, 0.1) is 6.10 Å². The molecule has 0 aliphatic carbocycles. The number of carbonyl (C=O) groups is 1. The molecule has 0 bridgehead atoms. The molecule has 1 rings (SSSR count). The highest BCUT2D eigenvalue weighted by Gasteiger charge is 2.18. The van der Waals surface area contributed by atoms with E-state index in [1.165, 1.54) is 12.8 Å². The molecule has 0 saturated carbocycles. The van der Waals surface area contributed by atoms with Gasteiger partial charge in [-0.25, -0.2) is 0 Å². The predicted molar refractivity (Wildman–Crippen MR) is 73.4 cm³/mol. The van der Waals surface area contributed by atoms with Crippen LogP contribution >= 0.6 is 15.9 Å². The molecule has 1 aliphatic heterocycles. The van der Waals surface area contributed by atoms with Crippen LogP contribution in [0.3, 0.4) is 0 Å². The zero-order valence-corrected chi connectivity index (χ0v) is 12.5. The van der Waals surface area contributed by atoms with Crippen molar-refractivity contribution in [3.63, 3.8) is 0 Å². The van der Waals surface area contributed by atoms with Crippen LogP contribution in [-0.2, 0) is 9.53 Å². The van der Waals surface area contributed by atoms with Gasteiger partial charge in [0.15, 0.2) is 0 Å². The highest BCUT2D eigenvalue weighted by atomic mass is 79.9. The second kappa shape index (κ2) is 8.09. The molecule has 2 atom stereocenters. The van der Waals surface area contributed by atoms with Gasteiger partial charge >= 0.3 is 0 Å². The van der Waals surface area contributed by atoms with E-state index in [0.717, 1.165) is 24.8 Å². The molecule has 1 aliphatic rings. The molecule has 0 aromatic carbocycles. The molecule has 3 nitrogen and oxygen atoms in total. The highest BCUT2D eigenvalue weighted by Crippen LogP contribution is 2.17. The minimum Gasteiger partial charge on any atom is -0.378 e. The summed E-state index contributed by atoms with van der Waals surface area (Å²) in [6.07, 6.45) is 5.26. The molecule has 0 aromatic heterocycles. The second-order valence-corrected chi connectivity index (χ2v) is 5.75. The number of amides is 1. The largest absolute Gasteiger partial charge is 0.378 e. The Bertz CT molecular complexity index is 227. The van der Waals surface area contributed by atoms with Crippen LogP contribution in [0.4, 0.5) is 0 Å². The molecule has 17 heavy (non-hydrogen) atoms. The van der Waals surface area contributed by atoms with Crippen LogP contribution < -0.4 is 5.32 Å². The first kappa shape index (κ1) is 15.0. The highest BCUT2D eigenvalue weighted by molar-refractivity contribution is 9.09. The van der Waals surface area contributed by atoms with Gasteiger partial charge in [-0.1, -0.05) is 29.8 Å². The van der Waals surface area contributed by atoms with Crippen molar-refractivity contribution in [1.29, 1.82) is 0 Å². The fourth-order valence-electron chi connectivity index (χ4n) is 1.99. The Morgan fingerprint density at radius 1 is 1.47 bits per heavy atom. The van der Waals surface area contributed by atoms with E-state index in [2.05, 4.69) is 35.1 Å². The van der Waals surface area contributed by atoms with E-state index in [1.54, 1.807) is 0 Å². The van der Waals surface area contributed by atoms with Crippen LogP contribution in [0.1, 0.15) is 46.0 Å². The van der Waals surface area contributed by atoms with E-state index in [-0.39, 0.29) is 11.9 Å². The lowest BCUT2D eigenvalue weighted by atomic mass is 10.0. The third-order valence-electron chi connectivity index (χ3n) is 3.28. The Balaban J connectivity index is 2.19. The molecule has 1 heterocycles. The normalized spacial score (nSPS) is 22.5. The lowest BCUT2D eigenvalue weighted by Crippen LogP contribution is -2.40. The third-order valence-corrected chi connectivity index (χ3v) is 3.98. The topological polar surface area (TPSA) is 38.3 Å². The fourth-order valence-corrected chi connectivity index (χ4v) is 2.90. The maximum Gasteiger partial charge on any atom is 0.220 e. The van der Waals surface area contributed by atoms with Gasteiger partial charge in [-0.05, 0) is 31.6 Å². The molecule has 0 radical (unpaired) electrons. The first-order chi connectivity index (χ1) is 8.13. The molecule has 2 unspecified atom stereocenters. The Morgan fingerprint density at radius 2 is 2.24 bits per heavy atom. The summed E-state index contributed by atoms with van der Waals surface area (Å²) < 4.78 is 5.62. The van der Waals surface area contributed by atoms with E-state index >= 15 is 0 Å². The SMILES string of the molecule is CC(C)C(CBr)NC(=O)CCC1CCCCO1. The molecule has 0 spiro atoms. The van der Waals surface area contributed by atoms with E-state index in [1.807, 2.05) is 0 Å². The van der Waals surface area contributed by atoms with Crippen molar-refractivity contribution >= 4 is 21.8 Å². The Labute approximate surface area is 113 Å². The first-order valence-electron chi connectivity index (χ1n) is 6.60. The molecule has 1 amide bonds. The molecule has 1 N–H and O–H groups in total. The fraction of sp³-hybridized carbons (Fsp3) is 0.923.